The molecule has 0 aliphatic heterocycles. The first-order valence-electron chi connectivity index (χ1n) is 12.7. The van der Waals surface area contributed by atoms with Gasteiger partial charge in [-0.3, -0.25) is 14.4 Å². The van der Waals surface area contributed by atoms with E-state index >= 15 is 0 Å². The first kappa shape index (κ1) is 31.6. The van der Waals surface area contributed by atoms with E-state index in [1.165, 1.54) is 36.4 Å². The number of H-pyrrole nitrogens is 1. The fourth-order valence-corrected chi connectivity index (χ4v) is 4.27. The summed E-state index contributed by atoms with van der Waals surface area (Å²) in [5.74, 6) is -2.60. The fraction of sp³-hybridized carbons (Fsp3) is 0.500. The average molecular weight is 563 g/mol. The number of hydrogen-bond donors (Lipinski definition) is 7. The molecule has 214 valence electrons. The lowest BCUT2D eigenvalue weighted by molar-refractivity contribution is -0.142. The van der Waals surface area contributed by atoms with Crippen molar-refractivity contribution in [2.75, 3.05) is 12.0 Å². The largest absolute Gasteiger partial charge is 0.508 e. The zero-order valence-corrected chi connectivity index (χ0v) is 23.2. The monoisotopic (exact) mass is 562 g/mol. The maximum atomic E-state index is 13.3. The van der Waals surface area contributed by atoms with Gasteiger partial charge in [0.2, 0.25) is 17.7 Å². The van der Waals surface area contributed by atoms with Crippen LogP contribution in [0.2, 0.25) is 0 Å². The van der Waals surface area contributed by atoms with Gasteiger partial charge in [0.15, 0.2) is 0 Å². The highest BCUT2D eigenvalue weighted by Gasteiger charge is 2.33. The Balaban J connectivity index is 2.11. The number of hydrogen-bond acceptors (Lipinski definition) is 8. The van der Waals surface area contributed by atoms with Crippen molar-refractivity contribution in [2.45, 2.75) is 63.7 Å². The lowest BCUT2D eigenvalue weighted by Crippen LogP contribution is -2.59. The molecule has 5 unspecified atom stereocenters. The van der Waals surface area contributed by atoms with E-state index in [0.717, 1.165) is 5.56 Å². The number of aromatic amines is 1. The number of carboxylic acids is 1. The number of aromatic hydroxyl groups is 1. The van der Waals surface area contributed by atoms with Gasteiger partial charge < -0.3 is 36.9 Å². The third kappa shape index (κ3) is 10.2. The number of benzene rings is 1. The molecular weight excluding hydrogens is 524 g/mol. The molecule has 2 aromatic rings. The van der Waals surface area contributed by atoms with E-state index in [1.807, 2.05) is 13.2 Å². The third-order valence-corrected chi connectivity index (χ3v) is 7.00. The standard InChI is InChI=1S/C26H38N6O6S/c1-4-15(2)22(25(36)31-21(26(37)38)12-17-13-28-14-29-17)32-24(35)20(9-10-39-3)30-23(34)19(27)11-16-5-7-18(33)8-6-16/h5-8,13-15,19-22,33H,4,9-12,27H2,1-3H3,(H,28,29)(H,30,34)(H,31,36)(H,32,35)(H,37,38). The molecule has 0 fully saturated rings. The molecular formula is C26H38N6O6S. The zero-order valence-electron chi connectivity index (χ0n) is 22.3. The van der Waals surface area contributed by atoms with Crippen LogP contribution in [-0.4, -0.2) is 80.0 Å². The van der Waals surface area contributed by atoms with Crippen LogP contribution in [0.3, 0.4) is 0 Å². The molecule has 0 bridgehead atoms. The minimum absolute atomic E-state index is 0.00638. The van der Waals surface area contributed by atoms with E-state index in [1.54, 1.807) is 19.1 Å². The summed E-state index contributed by atoms with van der Waals surface area (Å²) in [7, 11) is 0. The van der Waals surface area contributed by atoms with E-state index in [4.69, 9.17) is 5.73 Å². The quantitative estimate of drug-likeness (QED) is 0.153. The van der Waals surface area contributed by atoms with Gasteiger partial charge in [-0.2, -0.15) is 11.8 Å². The Morgan fingerprint density at radius 3 is 2.26 bits per heavy atom. The van der Waals surface area contributed by atoms with Crippen molar-refractivity contribution in [3.8, 4) is 5.75 Å². The molecule has 0 saturated carbocycles. The normalized spacial score (nSPS) is 14.9. The van der Waals surface area contributed by atoms with Crippen LogP contribution in [0.15, 0.2) is 36.8 Å². The van der Waals surface area contributed by atoms with E-state index in [9.17, 15) is 29.4 Å². The highest BCUT2D eigenvalue weighted by Crippen LogP contribution is 2.13. The fourth-order valence-electron chi connectivity index (χ4n) is 3.80. The topological polar surface area (TPSA) is 200 Å². The molecule has 39 heavy (non-hydrogen) atoms. The summed E-state index contributed by atoms with van der Waals surface area (Å²) >= 11 is 1.50. The summed E-state index contributed by atoms with van der Waals surface area (Å²) in [4.78, 5) is 57.8. The Kier molecular flexibility index (Phi) is 12.8. The Morgan fingerprint density at radius 2 is 1.69 bits per heavy atom. The maximum Gasteiger partial charge on any atom is 0.326 e. The lowest BCUT2D eigenvalue weighted by Gasteiger charge is -2.28. The van der Waals surface area contributed by atoms with Gasteiger partial charge in [-0.1, -0.05) is 32.4 Å². The Bertz CT molecular complexity index is 1080. The molecule has 1 heterocycles. The number of rotatable bonds is 16. The van der Waals surface area contributed by atoms with E-state index in [0.29, 0.717) is 24.3 Å². The van der Waals surface area contributed by atoms with Crippen molar-refractivity contribution in [3.05, 3.63) is 48.0 Å². The number of aromatic nitrogens is 2. The van der Waals surface area contributed by atoms with Gasteiger partial charge >= 0.3 is 5.97 Å². The van der Waals surface area contributed by atoms with Gasteiger partial charge in [0.1, 0.15) is 23.9 Å². The lowest BCUT2D eigenvalue weighted by atomic mass is 9.97. The number of carbonyl (C=O) groups is 4. The van der Waals surface area contributed by atoms with Crippen molar-refractivity contribution >= 4 is 35.5 Å². The summed E-state index contributed by atoms with van der Waals surface area (Å²) in [5.41, 5.74) is 7.37. The number of phenols is 1. The van der Waals surface area contributed by atoms with Crippen LogP contribution in [0, 0.1) is 5.92 Å². The molecule has 13 heteroatoms. The van der Waals surface area contributed by atoms with Gasteiger partial charge in [-0.15, -0.1) is 0 Å². The Hall–Kier alpha value is -3.58. The predicted molar refractivity (Wildman–Crippen MR) is 148 cm³/mol. The second-order valence-electron chi connectivity index (χ2n) is 9.37. The Labute approximate surface area is 231 Å². The minimum Gasteiger partial charge on any atom is -0.508 e. The van der Waals surface area contributed by atoms with Crippen LogP contribution in [0.25, 0.3) is 0 Å². The van der Waals surface area contributed by atoms with Crippen molar-refractivity contribution in [2.24, 2.45) is 11.7 Å². The van der Waals surface area contributed by atoms with Crippen molar-refractivity contribution in [1.29, 1.82) is 0 Å². The van der Waals surface area contributed by atoms with Gasteiger partial charge in [-0.25, -0.2) is 9.78 Å². The highest BCUT2D eigenvalue weighted by atomic mass is 32.2. The number of nitrogens with one attached hydrogen (secondary N) is 4. The highest BCUT2D eigenvalue weighted by molar-refractivity contribution is 7.98. The molecule has 5 atom stereocenters. The van der Waals surface area contributed by atoms with Gasteiger partial charge in [0, 0.05) is 18.3 Å². The van der Waals surface area contributed by atoms with E-state index in [-0.39, 0.29) is 24.5 Å². The zero-order chi connectivity index (χ0) is 28.9. The van der Waals surface area contributed by atoms with Crippen LogP contribution >= 0.6 is 11.8 Å². The van der Waals surface area contributed by atoms with Crippen LogP contribution in [0.5, 0.6) is 5.75 Å². The molecule has 0 aliphatic rings. The number of aliphatic carboxylic acids is 1. The van der Waals surface area contributed by atoms with Crippen molar-refractivity contribution in [3.63, 3.8) is 0 Å². The van der Waals surface area contributed by atoms with Crippen LogP contribution < -0.4 is 21.7 Å². The number of imidazole rings is 1. The number of carbonyl (C=O) groups excluding carboxylic acids is 3. The summed E-state index contributed by atoms with van der Waals surface area (Å²) in [6, 6.07) is 2.18. The minimum atomic E-state index is -1.23. The molecule has 0 saturated heterocycles. The summed E-state index contributed by atoms with van der Waals surface area (Å²) in [6.07, 6.45) is 5.79. The molecule has 0 aliphatic carbocycles. The van der Waals surface area contributed by atoms with Gasteiger partial charge in [0.05, 0.1) is 12.4 Å². The summed E-state index contributed by atoms with van der Waals surface area (Å²) in [5, 5.41) is 27.0. The van der Waals surface area contributed by atoms with E-state index in [2.05, 4.69) is 25.9 Å². The molecule has 0 spiro atoms. The van der Waals surface area contributed by atoms with Crippen LogP contribution in [-0.2, 0) is 32.0 Å². The number of phenolic OH excluding ortho intramolecular Hbond substituents is 1. The average Bonchev–Trinajstić information content (AvgIpc) is 3.42. The second kappa shape index (κ2) is 15.7. The number of nitrogens with zero attached hydrogens (tertiary/aromatic N) is 1. The number of amides is 3. The number of thioether (sulfide) groups is 1. The van der Waals surface area contributed by atoms with Crippen LogP contribution in [0.4, 0.5) is 0 Å². The second-order valence-corrected chi connectivity index (χ2v) is 10.4. The molecule has 1 aromatic heterocycles. The maximum absolute atomic E-state index is 13.3. The summed E-state index contributed by atoms with van der Waals surface area (Å²) < 4.78 is 0. The third-order valence-electron chi connectivity index (χ3n) is 6.36. The predicted octanol–water partition coefficient (Wildman–Crippen LogP) is 0.566. The number of nitrogens with two attached hydrogens (primary N) is 1. The SMILES string of the molecule is CCC(C)C(NC(=O)C(CCSC)NC(=O)C(N)Cc1ccc(O)cc1)C(=O)NC(Cc1cnc[nH]1)C(=O)O. The molecule has 1 aromatic carbocycles. The van der Waals surface area contributed by atoms with Crippen molar-refractivity contribution in [1.82, 2.24) is 25.9 Å². The molecule has 3 amide bonds. The Morgan fingerprint density at radius 1 is 1.03 bits per heavy atom. The van der Waals surface area contributed by atoms with Gasteiger partial charge in [-0.05, 0) is 48.5 Å². The van der Waals surface area contributed by atoms with Crippen LogP contribution in [0.1, 0.15) is 37.9 Å². The molecule has 8 N–H and O–H groups in total. The van der Waals surface area contributed by atoms with Crippen molar-refractivity contribution < 1.29 is 29.4 Å². The smallest absolute Gasteiger partial charge is 0.326 e. The van der Waals surface area contributed by atoms with E-state index < -0.39 is 47.9 Å². The number of carboxylic acid groups (broad SMARTS) is 1. The first-order chi connectivity index (χ1) is 18.5. The first-order valence-corrected chi connectivity index (χ1v) is 14.1. The molecule has 12 nitrogen and oxygen atoms in total. The van der Waals surface area contributed by atoms with Gasteiger partial charge in [0.25, 0.3) is 0 Å². The molecule has 2 rings (SSSR count). The molecule has 0 radical (unpaired) electrons. The summed E-state index contributed by atoms with van der Waals surface area (Å²) in [6.45, 7) is 3.63.